The summed E-state index contributed by atoms with van der Waals surface area (Å²) in [5.41, 5.74) is 4.04. The van der Waals surface area contributed by atoms with Crippen LogP contribution in [0.5, 0.6) is 5.75 Å². The molecule has 0 saturated heterocycles. The van der Waals surface area contributed by atoms with Crippen LogP contribution in [0, 0.1) is 0 Å². The number of aromatic nitrogens is 2. The predicted octanol–water partition coefficient (Wildman–Crippen LogP) is 4.60. The Morgan fingerprint density at radius 1 is 1.00 bits per heavy atom. The molecule has 5 nitrogen and oxygen atoms in total. The van der Waals surface area contributed by atoms with Crippen LogP contribution in [0.15, 0.2) is 78.9 Å². The van der Waals surface area contributed by atoms with Crippen LogP contribution in [-0.4, -0.2) is 23.0 Å². The number of hydrogen-bond acceptors (Lipinski definition) is 3. The normalized spacial score (nSPS) is 11.9. The number of methoxy groups -OCH3 is 1. The van der Waals surface area contributed by atoms with Gasteiger partial charge in [0, 0.05) is 6.42 Å². The zero-order valence-corrected chi connectivity index (χ0v) is 17.0. The standard InChI is InChI=1S/C25H25N3O2/c1-30-23-14-8-5-11-19(23)15-16-24(29)26-22(17-18-9-3-2-4-10-18)25-27-20-12-6-7-13-21(20)28-25/h2-14,22H,15-17H2,1H3,(H,26,29)(H,27,28)/t22-/m0/s1. The molecule has 0 spiro atoms. The molecule has 4 rings (SSSR count). The lowest BCUT2D eigenvalue weighted by Gasteiger charge is -2.17. The SMILES string of the molecule is COc1ccccc1CCC(=O)N[C@@H](Cc1ccccc1)c1nc2ccccc2[nH]1. The molecule has 0 aliphatic rings. The van der Waals surface area contributed by atoms with Gasteiger partial charge in [0.15, 0.2) is 0 Å². The summed E-state index contributed by atoms with van der Waals surface area (Å²) < 4.78 is 5.39. The Bertz CT molecular complexity index is 1090. The molecule has 1 heterocycles. The molecule has 0 unspecified atom stereocenters. The van der Waals surface area contributed by atoms with E-state index in [1.807, 2.05) is 66.7 Å². The number of nitrogens with one attached hydrogen (secondary N) is 2. The smallest absolute Gasteiger partial charge is 0.220 e. The molecule has 2 N–H and O–H groups in total. The van der Waals surface area contributed by atoms with Crippen molar-refractivity contribution < 1.29 is 9.53 Å². The third-order valence-electron chi connectivity index (χ3n) is 5.17. The number of aromatic amines is 1. The second-order valence-corrected chi connectivity index (χ2v) is 7.26. The fourth-order valence-electron chi connectivity index (χ4n) is 3.63. The number of ether oxygens (including phenoxy) is 1. The first-order valence-corrected chi connectivity index (χ1v) is 10.1. The minimum Gasteiger partial charge on any atom is -0.496 e. The number of carbonyl (C=O) groups is 1. The van der Waals surface area contributed by atoms with Crippen molar-refractivity contribution in [1.29, 1.82) is 0 Å². The van der Waals surface area contributed by atoms with E-state index in [1.165, 1.54) is 0 Å². The van der Waals surface area contributed by atoms with Gasteiger partial charge in [0.25, 0.3) is 0 Å². The first kappa shape index (κ1) is 19.7. The van der Waals surface area contributed by atoms with Crippen molar-refractivity contribution in [3.05, 3.63) is 95.8 Å². The number of imidazole rings is 1. The number of hydrogen-bond donors (Lipinski definition) is 2. The molecular formula is C25H25N3O2. The average Bonchev–Trinajstić information content (AvgIpc) is 3.22. The first-order chi connectivity index (χ1) is 14.7. The Labute approximate surface area is 176 Å². The minimum atomic E-state index is -0.232. The molecule has 1 aromatic heterocycles. The summed E-state index contributed by atoms with van der Waals surface area (Å²) in [5.74, 6) is 1.57. The van der Waals surface area contributed by atoms with Gasteiger partial charge in [0.05, 0.1) is 24.2 Å². The summed E-state index contributed by atoms with van der Waals surface area (Å²) in [6.07, 6.45) is 1.67. The molecule has 0 aliphatic carbocycles. The lowest BCUT2D eigenvalue weighted by molar-refractivity contribution is -0.121. The molecule has 3 aromatic carbocycles. The Kier molecular flexibility index (Phi) is 6.09. The summed E-state index contributed by atoms with van der Waals surface area (Å²) in [5, 5.41) is 3.18. The maximum Gasteiger partial charge on any atom is 0.220 e. The predicted molar refractivity (Wildman–Crippen MR) is 118 cm³/mol. The van der Waals surface area contributed by atoms with Gasteiger partial charge in [0.2, 0.25) is 5.91 Å². The summed E-state index contributed by atoms with van der Waals surface area (Å²) in [6.45, 7) is 0. The maximum atomic E-state index is 12.8. The van der Waals surface area contributed by atoms with Crippen molar-refractivity contribution in [3.63, 3.8) is 0 Å². The highest BCUT2D eigenvalue weighted by molar-refractivity contribution is 5.78. The van der Waals surface area contributed by atoms with Gasteiger partial charge >= 0.3 is 0 Å². The van der Waals surface area contributed by atoms with Crippen LogP contribution in [0.1, 0.15) is 29.4 Å². The van der Waals surface area contributed by atoms with Crippen molar-refractivity contribution in [1.82, 2.24) is 15.3 Å². The number of nitrogens with zero attached hydrogens (tertiary/aromatic N) is 1. The lowest BCUT2D eigenvalue weighted by atomic mass is 10.0. The van der Waals surface area contributed by atoms with Crippen LogP contribution < -0.4 is 10.1 Å². The summed E-state index contributed by atoms with van der Waals surface area (Å²) in [7, 11) is 1.65. The molecule has 0 aliphatic heterocycles. The van der Waals surface area contributed by atoms with Crippen molar-refractivity contribution in [3.8, 4) is 5.75 Å². The van der Waals surface area contributed by atoms with E-state index in [2.05, 4.69) is 22.4 Å². The van der Waals surface area contributed by atoms with Crippen LogP contribution in [0.25, 0.3) is 11.0 Å². The lowest BCUT2D eigenvalue weighted by Crippen LogP contribution is -2.31. The van der Waals surface area contributed by atoms with Crippen LogP contribution in [0.4, 0.5) is 0 Å². The largest absolute Gasteiger partial charge is 0.496 e. The van der Waals surface area contributed by atoms with Crippen LogP contribution in [0.3, 0.4) is 0 Å². The van der Waals surface area contributed by atoms with Gasteiger partial charge in [-0.1, -0.05) is 60.7 Å². The molecule has 1 atom stereocenters. The van der Waals surface area contributed by atoms with E-state index >= 15 is 0 Å². The number of rotatable bonds is 8. The average molecular weight is 399 g/mol. The summed E-state index contributed by atoms with van der Waals surface area (Å²) in [4.78, 5) is 20.9. The quantitative estimate of drug-likeness (QED) is 0.455. The summed E-state index contributed by atoms with van der Waals surface area (Å²) >= 11 is 0. The molecule has 0 radical (unpaired) electrons. The molecular weight excluding hydrogens is 374 g/mol. The van der Waals surface area contributed by atoms with Gasteiger partial charge in [-0.3, -0.25) is 4.79 Å². The fourth-order valence-corrected chi connectivity index (χ4v) is 3.63. The third kappa shape index (κ3) is 4.69. The van der Waals surface area contributed by atoms with Gasteiger partial charge in [-0.05, 0) is 42.2 Å². The van der Waals surface area contributed by atoms with Gasteiger partial charge in [-0.25, -0.2) is 4.98 Å². The van der Waals surface area contributed by atoms with E-state index in [4.69, 9.17) is 9.72 Å². The zero-order valence-electron chi connectivity index (χ0n) is 17.0. The van der Waals surface area contributed by atoms with Crippen molar-refractivity contribution in [2.24, 2.45) is 0 Å². The Balaban J connectivity index is 1.51. The Morgan fingerprint density at radius 2 is 1.73 bits per heavy atom. The highest BCUT2D eigenvalue weighted by Crippen LogP contribution is 2.21. The molecule has 0 bridgehead atoms. The Hall–Kier alpha value is -3.60. The van der Waals surface area contributed by atoms with E-state index < -0.39 is 0 Å². The molecule has 152 valence electrons. The van der Waals surface area contributed by atoms with Crippen molar-refractivity contribution in [2.45, 2.75) is 25.3 Å². The molecule has 5 heteroatoms. The number of benzene rings is 3. The second-order valence-electron chi connectivity index (χ2n) is 7.26. The van der Waals surface area contributed by atoms with Gasteiger partial charge < -0.3 is 15.0 Å². The molecule has 0 fully saturated rings. The Morgan fingerprint density at radius 3 is 2.53 bits per heavy atom. The topological polar surface area (TPSA) is 67.0 Å². The van der Waals surface area contributed by atoms with E-state index in [9.17, 15) is 4.79 Å². The van der Waals surface area contributed by atoms with Crippen molar-refractivity contribution >= 4 is 16.9 Å². The first-order valence-electron chi connectivity index (χ1n) is 10.1. The summed E-state index contributed by atoms with van der Waals surface area (Å²) in [6, 6.07) is 25.6. The van der Waals surface area contributed by atoms with Gasteiger partial charge in [-0.2, -0.15) is 0 Å². The number of aryl methyl sites for hydroxylation is 1. The van der Waals surface area contributed by atoms with Gasteiger partial charge in [0.1, 0.15) is 11.6 Å². The second kappa shape index (κ2) is 9.27. The molecule has 0 saturated carbocycles. The van der Waals surface area contributed by atoms with Crippen molar-refractivity contribution in [2.75, 3.05) is 7.11 Å². The van der Waals surface area contributed by atoms with E-state index in [0.29, 0.717) is 19.3 Å². The van der Waals surface area contributed by atoms with E-state index in [-0.39, 0.29) is 11.9 Å². The van der Waals surface area contributed by atoms with E-state index in [0.717, 1.165) is 33.7 Å². The van der Waals surface area contributed by atoms with Crippen LogP contribution in [0.2, 0.25) is 0 Å². The highest BCUT2D eigenvalue weighted by atomic mass is 16.5. The number of fused-ring (bicyclic) bond motifs is 1. The maximum absolute atomic E-state index is 12.8. The van der Waals surface area contributed by atoms with E-state index in [1.54, 1.807) is 7.11 Å². The monoisotopic (exact) mass is 399 g/mol. The van der Waals surface area contributed by atoms with Gasteiger partial charge in [-0.15, -0.1) is 0 Å². The highest BCUT2D eigenvalue weighted by Gasteiger charge is 2.19. The minimum absolute atomic E-state index is 0.0118. The number of para-hydroxylation sites is 3. The molecule has 1 amide bonds. The van der Waals surface area contributed by atoms with Crippen LogP contribution >= 0.6 is 0 Å². The third-order valence-corrected chi connectivity index (χ3v) is 5.17. The number of carbonyl (C=O) groups excluding carboxylic acids is 1. The molecule has 30 heavy (non-hydrogen) atoms. The number of amides is 1. The zero-order chi connectivity index (χ0) is 20.8. The fraction of sp³-hybridized carbons (Fsp3) is 0.200. The van der Waals surface area contributed by atoms with Crippen LogP contribution in [-0.2, 0) is 17.6 Å². The number of H-pyrrole nitrogens is 1. The molecule has 4 aromatic rings.